The Bertz CT molecular complexity index is 1130. The lowest BCUT2D eigenvalue weighted by Crippen LogP contribution is -2.25. The second-order valence-corrected chi connectivity index (χ2v) is 7.77. The second-order valence-electron chi connectivity index (χ2n) is 6.98. The molecule has 32 heavy (non-hydrogen) atoms. The Balaban J connectivity index is 1.71. The van der Waals surface area contributed by atoms with E-state index < -0.39 is 35.6 Å². The molecule has 1 unspecified atom stereocenters. The number of nitrogens with zero attached hydrogens (tertiary/aromatic N) is 4. The Hall–Kier alpha value is -2.83. The first-order valence-electron chi connectivity index (χ1n) is 9.08. The summed E-state index contributed by atoms with van der Waals surface area (Å²) in [5, 5.41) is 10.0. The van der Waals surface area contributed by atoms with Gasteiger partial charge in [0.2, 0.25) is 5.91 Å². The molecule has 0 bridgehead atoms. The molecule has 0 saturated carbocycles. The van der Waals surface area contributed by atoms with Crippen LogP contribution in [0.4, 0.5) is 32.0 Å². The minimum Gasteiger partial charge on any atom is -0.322 e. The molecule has 0 saturated heterocycles. The smallest absolute Gasteiger partial charge is 0.322 e. The summed E-state index contributed by atoms with van der Waals surface area (Å²) in [4.78, 5) is 12.5. The summed E-state index contributed by atoms with van der Waals surface area (Å²) in [6.07, 6.45) is -6.47. The van der Waals surface area contributed by atoms with E-state index in [1.54, 1.807) is 0 Å². The van der Waals surface area contributed by atoms with Gasteiger partial charge in [-0.25, -0.2) is 0 Å². The average molecular weight is 524 g/mol. The van der Waals surface area contributed by atoms with Gasteiger partial charge in [0, 0.05) is 6.20 Å². The van der Waals surface area contributed by atoms with Crippen molar-refractivity contribution in [3.8, 4) is 0 Å². The van der Waals surface area contributed by atoms with Gasteiger partial charge in [-0.05, 0) is 47.5 Å². The number of hydrogen-bond donors (Lipinski definition) is 1. The summed E-state index contributed by atoms with van der Waals surface area (Å²) in [5.41, 5.74) is -1.22. The van der Waals surface area contributed by atoms with Crippen molar-refractivity contribution in [2.24, 2.45) is 0 Å². The molecule has 0 radical (unpaired) electrons. The van der Waals surface area contributed by atoms with Crippen molar-refractivity contribution in [3.63, 3.8) is 0 Å². The molecule has 1 aromatic carbocycles. The minimum absolute atomic E-state index is 0.0233. The third kappa shape index (κ3) is 5.14. The van der Waals surface area contributed by atoms with Crippen LogP contribution in [0.2, 0.25) is 0 Å². The van der Waals surface area contributed by atoms with Crippen molar-refractivity contribution in [2.75, 3.05) is 5.32 Å². The Morgan fingerprint density at radius 3 is 2.47 bits per heavy atom. The van der Waals surface area contributed by atoms with E-state index in [1.165, 1.54) is 43.1 Å². The SMILES string of the molecule is Cc1c(Br)c(C(F)(F)F)nn1C(C)C(=O)Nc1cnn(Cc2cccc(C(F)(F)F)c2)c1. The predicted octanol–water partition coefficient (Wildman–Crippen LogP) is 5.44. The molecule has 2 aromatic heterocycles. The van der Waals surface area contributed by atoms with Crippen LogP contribution in [0, 0.1) is 6.92 Å². The zero-order chi connectivity index (χ0) is 23.8. The number of halogens is 7. The standard InChI is InChI=1S/C19H16BrF6N5O/c1-10-15(20)16(19(24,25)26)29-31(10)11(2)17(32)28-14-7-27-30(9-14)8-12-4-3-5-13(6-12)18(21,22)23/h3-7,9,11H,8H2,1-2H3,(H,28,32). The van der Waals surface area contributed by atoms with Gasteiger partial charge in [0.15, 0.2) is 5.69 Å². The normalized spacial score (nSPS) is 13.3. The number of anilines is 1. The largest absolute Gasteiger partial charge is 0.436 e. The molecule has 0 spiro atoms. The number of rotatable bonds is 5. The molecule has 172 valence electrons. The fourth-order valence-corrected chi connectivity index (χ4v) is 3.45. The monoisotopic (exact) mass is 523 g/mol. The average Bonchev–Trinajstić information content (AvgIpc) is 3.25. The van der Waals surface area contributed by atoms with Crippen molar-refractivity contribution in [3.05, 3.63) is 63.6 Å². The molecule has 6 nitrogen and oxygen atoms in total. The maximum atomic E-state index is 13.0. The molecule has 0 aliphatic carbocycles. The number of alkyl halides is 6. The zero-order valence-electron chi connectivity index (χ0n) is 16.6. The highest BCUT2D eigenvalue weighted by molar-refractivity contribution is 9.10. The van der Waals surface area contributed by atoms with E-state index in [2.05, 4.69) is 31.4 Å². The van der Waals surface area contributed by atoms with Gasteiger partial charge in [-0.3, -0.25) is 14.2 Å². The van der Waals surface area contributed by atoms with E-state index in [0.29, 0.717) is 5.56 Å². The van der Waals surface area contributed by atoms with Crippen LogP contribution < -0.4 is 5.32 Å². The first-order valence-corrected chi connectivity index (χ1v) is 9.88. The molecule has 0 aliphatic rings. The van der Waals surface area contributed by atoms with Crippen molar-refractivity contribution >= 4 is 27.5 Å². The van der Waals surface area contributed by atoms with Crippen LogP contribution in [0.15, 0.2) is 41.1 Å². The van der Waals surface area contributed by atoms with E-state index in [4.69, 9.17) is 0 Å². The highest BCUT2D eigenvalue weighted by atomic mass is 79.9. The van der Waals surface area contributed by atoms with Crippen molar-refractivity contribution in [1.82, 2.24) is 19.6 Å². The molecule has 1 atom stereocenters. The van der Waals surface area contributed by atoms with Gasteiger partial charge in [0.1, 0.15) is 6.04 Å². The van der Waals surface area contributed by atoms with Crippen LogP contribution in [0.25, 0.3) is 0 Å². The lowest BCUT2D eigenvalue weighted by atomic mass is 10.1. The Morgan fingerprint density at radius 1 is 1.19 bits per heavy atom. The van der Waals surface area contributed by atoms with E-state index in [9.17, 15) is 31.1 Å². The van der Waals surface area contributed by atoms with Crippen LogP contribution in [-0.4, -0.2) is 25.5 Å². The number of hydrogen-bond acceptors (Lipinski definition) is 3. The summed E-state index contributed by atoms with van der Waals surface area (Å²) < 4.78 is 79.7. The lowest BCUT2D eigenvalue weighted by molar-refractivity contribution is -0.142. The molecule has 1 N–H and O–H groups in total. The lowest BCUT2D eigenvalue weighted by Gasteiger charge is -2.13. The summed E-state index contributed by atoms with van der Waals surface area (Å²) in [6, 6.07) is 3.67. The fourth-order valence-electron chi connectivity index (χ4n) is 2.96. The summed E-state index contributed by atoms with van der Waals surface area (Å²) in [6.45, 7) is 2.80. The molecular formula is C19H16BrF6N5O. The number of aromatic nitrogens is 4. The molecular weight excluding hydrogens is 508 g/mol. The molecule has 13 heteroatoms. The summed E-state index contributed by atoms with van der Waals surface area (Å²) in [5.74, 6) is -0.643. The third-order valence-electron chi connectivity index (χ3n) is 4.59. The van der Waals surface area contributed by atoms with Gasteiger partial charge in [-0.1, -0.05) is 12.1 Å². The molecule has 0 aliphatic heterocycles. The predicted molar refractivity (Wildman–Crippen MR) is 106 cm³/mol. The zero-order valence-corrected chi connectivity index (χ0v) is 18.2. The second kappa shape index (κ2) is 8.60. The topological polar surface area (TPSA) is 64.7 Å². The Labute approximate surface area is 186 Å². The molecule has 3 aromatic rings. The van der Waals surface area contributed by atoms with E-state index in [1.807, 2.05) is 0 Å². The number of amides is 1. The summed E-state index contributed by atoms with van der Waals surface area (Å²) >= 11 is 2.85. The van der Waals surface area contributed by atoms with Gasteiger partial charge in [0.25, 0.3) is 0 Å². The van der Waals surface area contributed by atoms with Crippen LogP contribution in [0.5, 0.6) is 0 Å². The molecule has 1 amide bonds. The van der Waals surface area contributed by atoms with Gasteiger partial charge < -0.3 is 5.32 Å². The van der Waals surface area contributed by atoms with E-state index in [0.717, 1.165) is 16.8 Å². The number of nitrogens with one attached hydrogen (secondary N) is 1. The van der Waals surface area contributed by atoms with Gasteiger partial charge in [-0.15, -0.1) is 0 Å². The minimum atomic E-state index is -4.68. The van der Waals surface area contributed by atoms with Gasteiger partial charge >= 0.3 is 12.4 Å². The van der Waals surface area contributed by atoms with Crippen LogP contribution in [0.3, 0.4) is 0 Å². The number of carbonyl (C=O) groups excluding carboxylic acids is 1. The quantitative estimate of drug-likeness (QED) is 0.453. The number of benzene rings is 1. The highest BCUT2D eigenvalue weighted by Crippen LogP contribution is 2.36. The third-order valence-corrected chi connectivity index (χ3v) is 5.54. The first-order chi connectivity index (χ1) is 14.8. The Kier molecular flexibility index (Phi) is 6.40. The van der Waals surface area contributed by atoms with E-state index in [-0.39, 0.29) is 22.4 Å². The first kappa shape index (κ1) is 23.8. The van der Waals surface area contributed by atoms with Crippen LogP contribution in [-0.2, 0) is 23.7 Å². The highest BCUT2D eigenvalue weighted by Gasteiger charge is 2.39. The maximum Gasteiger partial charge on any atom is 0.436 e. The van der Waals surface area contributed by atoms with Crippen LogP contribution in [0.1, 0.15) is 35.5 Å². The van der Waals surface area contributed by atoms with Crippen molar-refractivity contribution < 1.29 is 31.1 Å². The summed E-state index contributed by atoms with van der Waals surface area (Å²) in [7, 11) is 0. The molecule has 3 rings (SSSR count). The Morgan fingerprint density at radius 2 is 1.88 bits per heavy atom. The van der Waals surface area contributed by atoms with Gasteiger partial charge in [-0.2, -0.15) is 36.5 Å². The maximum absolute atomic E-state index is 13.0. The molecule has 0 fully saturated rings. The molecule has 2 heterocycles. The van der Waals surface area contributed by atoms with E-state index >= 15 is 0 Å². The van der Waals surface area contributed by atoms with Crippen LogP contribution >= 0.6 is 15.9 Å². The van der Waals surface area contributed by atoms with Crippen molar-refractivity contribution in [1.29, 1.82) is 0 Å². The van der Waals surface area contributed by atoms with Crippen molar-refractivity contribution in [2.45, 2.75) is 38.8 Å². The fraction of sp³-hybridized carbons (Fsp3) is 0.316. The van der Waals surface area contributed by atoms with Gasteiger partial charge in [0.05, 0.1) is 34.2 Å². The number of carbonyl (C=O) groups is 1.